The van der Waals surface area contributed by atoms with Crippen LogP contribution in [0.2, 0.25) is 0 Å². The minimum Gasteiger partial charge on any atom is -0.496 e. The second kappa shape index (κ2) is 4.29. The van der Waals surface area contributed by atoms with Crippen LogP contribution in [0.4, 0.5) is 0 Å². The fourth-order valence-corrected chi connectivity index (χ4v) is 3.21. The number of ether oxygens (including phenoxy) is 2. The van der Waals surface area contributed by atoms with Gasteiger partial charge in [0.1, 0.15) is 17.1 Å². The van der Waals surface area contributed by atoms with Gasteiger partial charge >= 0.3 is 0 Å². The van der Waals surface area contributed by atoms with Gasteiger partial charge in [-0.2, -0.15) is 0 Å². The number of hydrogen-bond acceptors (Lipinski definition) is 2. The molecule has 3 nitrogen and oxygen atoms in total. The number of aryl methyl sites for hydroxylation is 1. The van der Waals surface area contributed by atoms with E-state index in [2.05, 4.69) is 56.1 Å². The summed E-state index contributed by atoms with van der Waals surface area (Å²) in [4.78, 5) is 3.48. The minimum absolute atomic E-state index is 0.258. The number of benzene rings is 2. The van der Waals surface area contributed by atoms with Gasteiger partial charge in [0.05, 0.1) is 12.6 Å². The summed E-state index contributed by atoms with van der Waals surface area (Å²) in [6.45, 7) is 6.21. The molecule has 0 radical (unpaired) electrons. The Bertz CT molecular complexity index is 932. The molecule has 0 saturated carbocycles. The van der Waals surface area contributed by atoms with Crippen LogP contribution in [-0.4, -0.2) is 17.7 Å². The van der Waals surface area contributed by atoms with E-state index in [9.17, 15) is 0 Å². The molecule has 4 rings (SSSR count). The van der Waals surface area contributed by atoms with Crippen LogP contribution in [0.5, 0.6) is 11.5 Å². The minimum atomic E-state index is -0.258. The summed E-state index contributed by atoms with van der Waals surface area (Å²) >= 11 is 0. The zero-order valence-corrected chi connectivity index (χ0v) is 13.3. The topological polar surface area (TPSA) is 34.2 Å². The van der Waals surface area contributed by atoms with Gasteiger partial charge in [0, 0.05) is 27.9 Å². The summed E-state index contributed by atoms with van der Waals surface area (Å²) in [5.74, 6) is 1.84. The number of fused-ring (bicyclic) bond motifs is 5. The van der Waals surface area contributed by atoms with Crippen LogP contribution < -0.4 is 9.47 Å². The Morgan fingerprint density at radius 2 is 1.95 bits per heavy atom. The summed E-state index contributed by atoms with van der Waals surface area (Å²) in [6.07, 6.45) is 4.29. The Kier molecular flexibility index (Phi) is 2.59. The maximum absolute atomic E-state index is 6.10. The molecule has 0 aliphatic carbocycles. The summed E-state index contributed by atoms with van der Waals surface area (Å²) in [5.41, 5.74) is 4.23. The molecule has 1 N–H and O–H groups in total. The highest BCUT2D eigenvalue weighted by atomic mass is 16.5. The van der Waals surface area contributed by atoms with E-state index in [1.807, 2.05) is 6.07 Å². The summed E-state index contributed by atoms with van der Waals surface area (Å²) in [5, 5.41) is 2.42. The first-order valence-electron chi connectivity index (χ1n) is 7.50. The average Bonchev–Trinajstić information content (AvgIpc) is 2.83. The van der Waals surface area contributed by atoms with Crippen LogP contribution in [0.25, 0.3) is 27.9 Å². The predicted octanol–water partition coefficient (Wildman–Crippen LogP) is 4.82. The smallest absolute Gasteiger partial charge is 0.128 e. The Labute approximate surface area is 129 Å². The average molecular weight is 293 g/mol. The first-order valence-corrected chi connectivity index (χ1v) is 7.50. The standard InChI is InChI=1S/C19H19NO2/c1-11-9-13-15(10-17(11)21-4)20-14-5-6-16-12(18(13)14)7-8-19(2,3)22-16/h5-10,20H,1-4H3. The molecule has 0 spiro atoms. The number of nitrogens with one attached hydrogen (secondary N) is 1. The van der Waals surface area contributed by atoms with Gasteiger partial charge in [-0.15, -0.1) is 0 Å². The molecule has 0 atom stereocenters. The van der Waals surface area contributed by atoms with E-state index in [0.717, 1.165) is 33.7 Å². The van der Waals surface area contributed by atoms with Crippen molar-refractivity contribution in [1.82, 2.24) is 4.98 Å². The molecule has 0 bridgehead atoms. The molecular formula is C19H19NO2. The fraction of sp³-hybridized carbons (Fsp3) is 0.263. The molecule has 112 valence electrons. The zero-order chi connectivity index (χ0) is 15.5. The Morgan fingerprint density at radius 3 is 2.73 bits per heavy atom. The van der Waals surface area contributed by atoms with E-state index in [0.29, 0.717) is 0 Å². The van der Waals surface area contributed by atoms with E-state index in [1.165, 1.54) is 10.8 Å². The van der Waals surface area contributed by atoms with Gasteiger partial charge in [-0.3, -0.25) is 0 Å². The van der Waals surface area contributed by atoms with Crippen molar-refractivity contribution in [3.8, 4) is 11.5 Å². The van der Waals surface area contributed by atoms with Gasteiger partial charge in [0.2, 0.25) is 0 Å². The molecule has 1 aliphatic rings. The molecule has 0 saturated heterocycles. The fourth-order valence-electron chi connectivity index (χ4n) is 3.21. The maximum atomic E-state index is 6.10. The third kappa shape index (κ3) is 1.82. The van der Waals surface area contributed by atoms with Gasteiger partial charge in [-0.05, 0) is 50.6 Å². The molecule has 2 heterocycles. The van der Waals surface area contributed by atoms with Crippen molar-refractivity contribution in [3.63, 3.8) is 0 Å². The van der Waals surface area contributed by atoms with Crippen LogP contribution in [0.15, 0.2) is 30.3 Å². The predicted molar refractivity (Wildman–Crippen MR) is 90.8 cm³/mol. The number of aromatic nitrogens is 1. The lowest BCUT2D eigenvalue weighted by Gasteiger charge is -2.28. The molecule has 0 amide bonds. The van der Waals surface area contributed by atoms with Crippen LogP contribution in [0.3, 0.4) is 0 Å². The maximum Gasteiger partial charge on any atom is 0.128 e. The Hall–Kier alpha value is -2.42. The molecule has 22 heavy (non-hydrogen) atoms. The van der Waals surface area contributed by atoms with Crippen LogP contribution >= 0.6 is 0 Å². The van der Waals surface area contributed by atoms with Crippen molar-refractivity contribution in [1.29, 1.82) is 0 Å². The second-order valence-electron chi connectivity index (χ2n) is 6.43. The summed E-state index contributed by atoms with van der Waals surface area (Å²) < 4.78 is 11.5. The lowest BCUT2D eigenvalue weighted by molar-refractivity contribution is 0.159. The normalized spacial score (nSPS) is 15.8. The molecule has 0 unspecified atom stereocenters. The van der Waals surface area contributed by atoms with Gasteiger partial charge < -0.3 is 14.5 Å². The molecule has 2 aromatic carbocycles. The molecular weight excluding hydrogens is 274 g/mol. The quantitative estimate of drug-likeness (QED) is 0.698. The molecule has 3 heteroatoms. The monoisotopic (exact) mass is 293 g/mol. The second-order valence-corrected chi connectivity index (χ2v) is 6.43. The Balaban J connectivity index is 2.08. The van der Waals surface area contributed by atoms with Gasteiger partial charge in [0.15, 0.2) is 0 Å². The van der Waals surface area contributed by atoms with E-state index in [4.69, 9.17) is 9.47 Å². The van der Waals surface area contributed by atoms with Crippen LogP contribution in [0.1, 0.15) is 25.0 Å². The highest BCUT2D eigenvalue weighted by Gasteiger charge is 2.24. The van der Waals surface area contributed by atoms with Crippen molar-refractivity contribution in [2.45, 2.75) is 26.4 Å². The van der Waals surface area contributed by atoms with Gasteiger partial charge in [0.25, 0.3) is 0 Å². The first kappa shape index (κ1) is 13.3. The van der Waals surface area contributed by atoms with E-state index < -0.39 is 0 Å². The van der Waals surface area contributed by atoms with Crippen LogP contribution in [0, 0.1) is 6.92 Å². The molecule has 1 aromatic heterocycles. The summed E-state index contributed by atoms with van der Waals surface area (Å²) in [6, 6.07) is 8.38. The lowest BCUT2D eigenvalue weighted by Crippen LogP contribution is -2.27. The van der Waals surface area contributed by atoms with Crippen molar-refractivity contribution in [3.05, 3.63) is 41.5 Å². The number of methoxy groups -OCH3 is 1. The highest BCUT2D eigenvalue weighted by Crippen LogP contribution is 2.40. The lowest BCUT2D eigenvalue weighted by atomic mass is 9.98. The number of aromatic amines is 1. The van der Waals surface area contributed by atoms with E-state index in [-0.39, 0.29) is 5.60 Å². The number of hydrogen-bond donors (Lipinski definition) is 1. The third-order valence-electron chi connectivity index (χ3n) is 4.30. The van der Waals surface area contributed by atoms with Gasteiger partial charge in [-0.1, -0.05) is 6.08 Å². The number of H-pyrrole nitrogens is 1. The van der Waals surface area contributed by atoms with Crippen molar-refractivity contribution in [2.24, 2.45) is 0 Å². The molecule has 1 aliphatic heterocycles. The summed E-state index contributed by atoms with van der Waals surface area (Å²) in [7, 11) is 1.71. The van der Waals surface area contributed by atoms with Crippen molar-refractivity contribution >= 4 is 27.9 Å². The number of rotatable bonds is 1. The zero-order valence-electron chi connectivity index (χ0n) is 13.3. The Morgan fingerprint density at radius 1 is 1.14 bits per heavy atom. The van der Waals surface area contributed by atoms with Gasteiger partial charge in [-0.25, -0.2) is 0 Å². The van der Waals surface area contributed by atoms with Crippen molar-refractivity contribution < 1.29 is 9.47 Å². The molecule has 0 fully saturated rings. The highest BCUT2D eigenvalue weighted by molar-refractivity contribution is 6.12. The molecule has 3 aromatic rings. The largest absolute Gasteiger partial charge is 0.496 e. The van der Waals surface area contributed by atoms with Crippen LogP contribution in [-0.2, 0) is 0 Å². The van der Waals surface area contributed by atoms with E-state index >= 15 is 0 Å². The third-order valence-corrected chi connectivity index (χ3v) is 4.30. The van der Waals surface area contributed by atoms with E-state index in [1.54, 1.807) is 7.11 Å². The SMILES string of the molecule is COc1cc2[nH]c3ccc4c(c3c2cc1C)C=CC(C)(C)O4. The van der Waals surface area contributed by atoms with Crippen molar-refractivity contribution in [2.75, 3.05) is 7.11 Å². The first-order chi connectivity index (χ1) is 10.5.